The quantitative estimate of drug-likeness (QED) is 0.497. The van der Waals surface area contributed by atoms with Crippen LogP contribution in [0, 0.1) is 0 Å². The highest BCUT2D eigenvalue weighted by Gasteiger charge is 2.03. The average Bonchev–Trinajstić information content (AvgIpc) is 2.62. The lowest BCUT2D eigenvalue weighted by Gasteiger charge is -2.01. The summed E-state index contributed by atoms with van der Waals surface area (Å²) in [7, 11) is 0. The van der Waals surface area contributed by atoms with E-state index in [2.05, 4.69) is 15.6 Å². The molecule has 7 heteroatoms. The molecule has 14 heavy (non-hydrogen) atoms. The smallest absolute Gasteiger partial charge is 0.241 e. The van der Waals surface area contributed by atoms with Crippen LogP contribution in [0.25, 0.3) is 0 Å². The van der Waals surface area contributed by atoms with Gasteiger partial charge in [-0.05, 0) is 0 Å². The Labute approximate surface area is 81.4 Å². The molecule has 0 fully saturated rings. The van der Waals surface area contributed by atoms with E-state index >= 15 is 0 Å². The zero-order valence-electron chi connectivity index (χ0n) is 7.81. The van der Waals surface area contributed by atoms with Gasteiger partial charge in [-0.25, -0.2) is 4.68 Å². The van der Waals surface area contributed by atoms with Crippen molar-refractivity contribution in [1.82, 2.24) is 20.3 Å². The van der Waals surface area contributed by atoms with Crippen molar-refractivity contribution in [2.75, 3.05) is 13.1 Å². The molecule has 5 N–H and O–H groups in total. The molecule has 0 bridgehead atoms. The number of carbonyl (C=O) groups is 1. The van der Waals surface area contributed by atoms with Crippen molar-refractivity contribution in [2.24, 2.45) is 11.5 Å². The van der Waals surface area contributed by atoms with E-state index in [9.17, 15) is 4.79 Å². The van der Waals surface area contributed by atoms with E-state index in [4.69, 9.17) is 11.5 Å². The molecule has 0 atom stereocenters. The number of carbonyl (C=O) groups excluding carboxylic acids is 1. The molecule has 1 heterocycles. The van der Waals surface area contributed by atoms with Gasteiger partial charge in [0.1, 0.15) is 6.54 Å². The van der Waals surface area contributed by atoms with E-state index in [0.29, 0.717) is 25.3 Å². The molecule has 0 aliphatic rings. The van der Waals surface area contributed by atoms with Crippen molar-refractivity contribution in [3.63, 3.8) is 0 Å². The van der Waals surface area contributed by atoms with E-state index in [1.165, 1.54) is 4.68 Å². The summed E-state index contributed by atoms with van der Waals surface area (Å²) in [6.07, 6.45) is 1.64. The Balaban J connectivity index is 2.39. The SMILES string of the molecule is NCCNC(=O)Cn1cc(CN)nn1. The van der Waals surface area contributed by atoms with Gasteiger partial charge in [0.2, 0.25) is 5.91 Å². The highest BCUT2D eigenvalue weighted by atomic mass is 16.2. The Bertz CT molecular complexity index is 296. The van der Waals surface area contributed by atoms with Gasteiger partial charge in [-0.15, -0.1) is 5.10 Å². The largest absolute Gasteiger partial charge is 0.353 e. The highest BCUT2D eigenvalue weighted by molar-refractivity contribution is 5.75. The lowest BCUT2D eigenvalue weighted by atomic mass is 10.5. The number of rotatable bonds is 5. The van der Waals surface area contributed by atoms with Crippen LogP contribution in [0.15, 0.2) is 6.20 Å². The summed E-state index contributed by atoms with van der Waals surface area (Å²) in [6, 6.07) is 0. The molecule has 0 saturated heterocycles. The summed E-state index contributed by atoms with van der Waals surface area (Å²) in [5, 5.41) is 10.1. The zero-order valence-corrected chi connectivity index (χ0v) is 7.81. The van der Waals surface area contributed by atoms with E-state index in [-0.39, 0.29) is 12.5 Å². The number of aromatic nitrogens is 3. The number of nitrogens with one attached hydrogen (secondary N) is 1. The van der Waals surface area contributed by atoms with Gasteiger partial charge in [-0.2, -0.15) is 0 Å². The van der Waals surface area contributed by atoms with Crippen LogP contribution in [0.5, 0.6) is 0 Å². The molecule has 1 rings (SSSR count). The lowest BCUT2D eigenvalue weighted by Crippen LogP contribution is -2.32. The fourth-order valence-corrected chi connectivity index (χ4v) is 0.924. The highest BCUT2D eigenvalue weighted by Crippen LogP contribution is 1.90. The predicted octanol–water partition coefficient (Wildman–Crippen LogP) is -2.19. The van der Waals surface area contributed by atoms with Crippen LogP contribution < -0.4 is 16.8 Å². The Morgan fingerprint density at radius 2 is 2.36 bits per heavy atom. The Hall–Kier alpha value is -1.47. The van der Waals surface area contributed by atoms with Gasteiger partial charge in [0.25, 0.3) is 0 Å². The third-order valence-electron chi connectivity index (χ3n) is 1.57. The van der Waals surface area contributed by atoms with Gasteiger partial charge < -0.3 is 16.8 Å². The molecule has 1 aromatic heterocycles. The third kappa shape index (κ3) is 3.11. The van der Waals surface area contributed by atoms with Crippen LogP contribution in [-0.4, -0.2) is 34.0 Å². The zero-order chi connectivity index (χ0) is 10.4. The molecule has 0 radical (unpaired) electrons. The van der Waals surface area contributed by atoms with Gasteiger partial charge in [-0.1, -0.05) is 5.21 Å². The van der Waals surface area contributed by atoms with Crippen molar-refractivity contribution in [3.05, 3.63) is 11.9 Å². The van der Waals surface area contributed by atoms with Crippen LogP contribution in [0.4, 0.5) is 0 Å². The van der Waals surface area contributed by atoms with Crippen LogP contribution >= 0.6 is 0 Å². The summed E-state index contributed by atoms with van der Waals surface area (Å²) in [5.74, 6) is -0.135. The van der Waals surface area contributed by atoms with Crippen molar-refractivity contribution in [2.45, 2.75) is 13.1 Å². The Kier molecular flexibility index (Phi) is 4.02. The maximum atomic E-state index is 11.2. The van der Waals surface area contributed by atoms with Crippen LogP contribution in [0.2, 0.25) is 0 Å². The van der Waals surface area contributed by atoms with Crippen molar-refractivity contribution < 1.29 is 4.79 Å². The summed E-state index contributed by atoms with van der Waals surface area (Å²) < 4.78 is 1.44. The predicted molar refractivity (Wildman–Crippen MR) is 50.0 cm³/mol. The van der Waals surface area contributed by atoms with Crippen molar-refractivity contribution in [3.8, 4) is 0 Å². The number of hydrogen-bond donors (Lipinski definition) is 3. The summed E-state index contributed by atoms with van der Waals surface area (Å²) >= 11 is 0. The number of amides is 1. The fraction of sp³-hybridized carbons (Fsp3) is 0.571. The topological polar surface area (TPSA) is 112 Å². The molecule has 1 aromatic rings. The Morgan fingerprint density at radius 1 is 1.57 bits per heavy atom. The lowest BCUT2D eigenvalue weighted by molar-refractivity contribution is -0.121. The molecular weight excluding hydrogens is 184 g/mol. The first-order valence-electron chi connectivity index (χ1n) is 4.32. The van der Waals surface area contributed by atoms with Crippen molar-refractivity contribution >= 4 is 5.91 Å². The van der Waals surface area contributed by atoms with Gasteiger partial charge in [0.05, 0.1) is 11.9 Å². The minimum absolute atomic E-state index is 0.135. The molecule has 0 unspecified atom stereocenters. The second-order valence-electron chi connectivity index (χ2n) is 2.75. The number of nitrogens with zero attached hydrogens (tertiary/aromatic N) is 3. The molecule has 0 aliphatic carbocycles. The maximum absolute atomic E-state index is 11.2. The number of hydrogen-bond acceptors (Lipinski definition) is 5. The summed E-state index contributed by atoms with van der Waals surface area (Å²) in [5.41, 5.74) is 11.2. The van der Waals surface area contributed by atoms with Crippen LogP contribution in [0.1, 0.15) is 5.69 Å². The van der Waals surface area contributed by atoms with Gasteiger partial charge in [-0.3, -0.25) is 4.79 Å². The van der Waals surface area contributed by atoms with E-state index < -0.39 is 0 Å². The third-order valence-corrected chi connectivity index (χ3v) is 1.57. The van der Waals surface area contributed by atoms with E-state index in [1.807, 2.05) is 0 Å². The minimum Gasteiger partial charge on any atom is -0.353 e. The molecule has 0 spiro atoms. The standard InChI is InChI=1S/C7H14N6O/c8-1-2-10-7(14)5-13-4-6(3-9)11-12-13/h4H,1-3,5,8-9H2,(H,10,14). The normalized spacial score (nSPS) is 10.1. The summed E-state index contributed by atoms with van der Waals surface area (Å²) in [6.45, 7) is 1.37. The fourth-order valence-electron chi connectivity index (χ4n) is 0.924. The van der Waals surface area contributed by atoms with Gasteiger partial charge in [0.15, 0.2) is 0 Å². The molecule has 1 amide bonds. The average molecular weight is 198 g/mol. The van der Waals surface area contributed by atoms with Crippen LogP contribution in [0.3, 0.4) is 0 Å². The first-order chi connectivity index (χ1) is 6.76. The van der Waals surface area contributed by atoms with Crippen LogP contribution in [-0.2, 0) is 17.9 Å². The van der Waals surface area contributed by atoms with E-state index in [1.54, 1.807) is 6.20 Å². The second-order valence-corrected chi connectivity index (χ2v) is 2.75. The first kappa shape index (κ1) is 10.6. The van der Waals surface area contributed by atoms with Crippen molar-refractivity contribution in [1.29, 1.82) is 0 Å². The molecule has 0 saturated carbocycles. The molecular formula is C7H14N6O. The molecule has 78 valence electrons. The maximum Gasteiger partial charge on any atom is 0.241 e. The Morgan fingerprint density at radius 3 is 2.93 bits per heavy atom. The molecule has 7 nitrogen and oxygen atoms in total. The van der Waals surface area contributed by atoms with Gasteiger partial charge >= 0.3 is 0 Å². The molecule has 0 aromatic carbocycles. The monoisotopic (exact) mass is 198 g/mol. The number of nitrogens with two attached hydrogens (primary N) is 2. The first-order valence-corrected chi connectivity index (χ1v) is 4.32. The second kappa shape index (κ2) is 5.30. The van der Waals surface area contributed by atoms with E-state index in [0.717, 1.165) is 0 Å². The summed E-state index contributed by atoms with van der Waals surface area (Å²) in [4.78, 5) is 11.2. The van der Waals surface area contributed by atoms with Gasteiger partial charge in [0, 0.05) is 19.6 Å². The minimum atomic E-state index is -0.135. The molecule has 0 aliphatic heterocycles.